The molecule has 0 saturated carbocycles. The maximum absolute atomic E-state index is 12.4. The fourth-order valence-corrected chi connectivity index (χ4v) is 2.31. The smallest absolute Gasteiger partial charge is 0.435 e. The molecule has 0 bridgehead atoms. The van der Waals surface area contributed by atoms with Crippen molar-refractivity contribution in [3.63, 3.8) is 0 Å². The van der Waals surface area contributed by atoms with E-state index in [1.807, 2.05) is 38.1 Å². The van der Waals surface area contributed by atoms with Crippen LogP contribution >= 0.6 is 0 Å². The van der Waals surface area contributed by atoms with Crippen LogP contribution in [0.3, 0.4) is 0 Å². The Kier molecular flexibility index (Phi) is 8.46. The van der Waals surface area contributed by atoms with Gasteiger partial charge in [0.25, 0.3) is 6.29 Å². The van der Waals surface area contributed by atoms with Gasteiger partial charge in [0.05, 0.1) is 12.5 Å². The molecule has 140 valence electrons. The minimum absolute atomic E-state index is 0.172. The van der Waals surface area contributed by atoms with E-state index in [2.05, 4.69) is 13.8 Å². The van der Waals surface area contributed by atoms with Crippen LogP contribution in [0.1, 0.15) is 58.6 Å². The molecule has 1 rings (SSSR count). The lowest BCUT2D eigenvalue weighted by Crippen LogP contribution is -2.31. The maximum atomic E-state index is 12.4. The highest BCUT2D eigenvalue weighted by Crippen LogP contribution is 2.21. The Morgan fingerprint density at radius 3 is 2.04 bits per heavy atom. The number of hydrogen-bond acceptors (Lipinski definition) is 5. The normalized spacial score (nSPS) is 13.4. The van der Waals surface area contributed by atoms with Crippen molar-refractivity contribution in [2.24, 2.45) is 11.8 Å². The van der Waals surface area contributed by atoms with E-state index in [0.29, 0.717) is 5.92 Å². The van der Waals surface area contributed by atoms with Crippen molar-refractivity contribution >= 4 is 12.1 Å². The van der Waals surface area contributed by atoms with Gasteiger partial charge in [-0.05, 0) is 37.3 Å². The van der Waals surface area contributed by atoms with Crippen LogP contribution in [0.2, 0.25) is 0 Å². The summed E-state index contributed by atoms with van der Waals surface area (Å²) in [5, 5.41) is 0. The van der Waals surface area contributed by atoms with E-state index in [1.165, 1.54) is 5.56 Å². The molecule has 0 heterocycles. The summed E-state index contributed by atoms with van der Waals surface area (Å²) in [5.41, 5.74) is 2.11. The minimum atomic E-state index is -0.964. The second-order valence-electron chi connectivity index (χ2n) is 6.91. The van der Waals surface area contributed by atoms with E-state index in [9.17, 15) is 9.59 Å². The highest BCUT2D eigenvalue weighted by Gasteiger charge is 2.26. The van der Waals surface area contributed by atoms with E-state index in [-0.39, 0.29) is 12.5 Å². The lowest BCUT2D eigenvalue weighted by Gasteiger charge is -2.22. The molecule has 1 aromatic rings. The number of carbonyl (C=O) groups excluding carboxylic acids is 2. The molecule has 0 aliphatic heterocycles. The summed E-state index contributed by atoms with van der Waals surface area (Å²) in [5.74, 6) is -0.464. The topological polar surface area (TPSA) is 61.8 Å². The summed E-state index contributed by atoms with van der Waals surface area (Å²) < 4.78 is 15.2. The molecule has 0 spiro atoms. The third-order valence-electron chi connectivity index (χ3n) is 3.73. The molecule has 0 aliphatic rings. The van der Waals surface area contributed by atoms with Crippen molar-refractivity contribution in [1.82, 2.24) is 0 Å². The maximum Gasteiger partial charge on any atom is 0.511 e. The third-order valence-corrected chi connectivity index (χ3v) is 3.73. The van der Waals surface area contributed by atoms with Gasteiger partial charge in [0.2, 0.25) is 0 Å². The van der Waals surface area contributed by atoms with E-state index in [0.717, 1.165) is 12.0 Å². The van der Waals surface area contributed by atoms with Crippen LogP contribution in [0.4, 0.5) is 4.79 Å². The van der Waals surface area contributed by atoms with Gasteiger partial charge in [0.15, 0.2) is 0 Å². The van der Waals surface area contributed by atoms with E-state index in [1.54, 1.807) is 13.8 Å². The fraction of sp³-hybridized carbons (Fsp3) is 0.600. The van der Waals surface area contributed by atoms with E-state index < -0.39 is 24.3 Å². The quantitative estimate of drug-likeness (QED) is 0.503. The summed E-state index contributed by atoms with van der Waals surface area (Å²) in [6.45, 7) is 11.6. The lowest BCUT2D eigenvalue weighted by atomic mass is 9.97. The lowest BCUT2D eigenvalue weighted by molar-refractivity contribution is -0.180. The summed E-state index contributed by atoms with van der Waals surface area (Å²) in [6, 6.07) is 7.96. The Morgan fingerprint density at radius 2 is 1.56 bits per heavy atom. The van der Waals surface area contributed by atoms with Crippen molar-refractivity contribution in [3.05, 3.63) is 35.4 Å². The number of ether oxygens (including phenoxy) is 3. The van der Waals surface area contributed by atoms with Gasteiger partial charge in [-0.3, -0.25) is 4.79 Å². The number of esters is 1. The highest BCUT2D eigenvalue weighted by atomic mass is 16.8. The van der Waals surface area contributed by atoms with Gasteiger partial charge < -0.3 is 14.2 Å². The second kappa shape index (κ2) is 10.1. The van der Waals surface area contributed by atoms with Crippen molar-refractivity contribution in [2.45, 2.75) is 60.2 Å². The second-order valence-corrected chi connectivity index (χ2v) is 6.91. The van der Waals surface area contributed by atoms with Crippen molar-refractivity contribution in [3.8, 4) is 0 Å². The Labute approximate surface area is 150 Å². The number of hydrogen-bond donors (Lipinski definition) is 0. The SMILES string of the molecule is CCOC(=O)OC(OC(=O)C(C)c1ccc(CC(C)C)cc1)C(C)C. The third kappa shape index (κ3) is 7.16. The van der Waals surface area contributed by atoms with Crippen molar-refractivity contribution in [1.29, 1.82) is 0 Å². The molecule has 0 N–H and O–H groups in total. The zero-order chi connectivity index (χ0) is 19.0. The first kappa shape index (κ1) is 21.0. The van der Waals surface area contributed by atoms with Crippen LogP contribution < -0.4 is 0 Å². The molecule has 0 radical (unpaired) electrons. The van der Waals surface area contributed by atoms with Gasteiger partial charge in [-0.25, -0.2) is 4.79 Å². The first-order chi connectivity index (χ1) is 11.7. The number of carbonyl (C=O) groups is 2. The molecular weight excluding hydrogens is 320 g/mol. The van der Waals surface area contributed by atoms with Gasteiger partial charge in [-0.2, -0.15) is 0 Å². The predicted octanol–water partition coefficient (Wildman–Crippen LogP) is 4.69. The first-order valence-electron chi connectivity index (χ1n) is 8.87. The Balaban J connectivity index is 2.71. The monoisotopic (exact) mass is 350 g/mol. The molecule has 5 heteroatoms. The van der Waals surface area contributed by atoms with Crippen LogP contribution in [0.15, 0.2) is 24.3 Å². The number of benzene rings is 1. The van der Waals surface area contributed by atoms with Crippen LogP contribution in [-0.4, -0.2) is 25.0 Å². The Morgan fingerprint density at radius 1 is 0.960 bits per heavy atom. The summed E-state index contributed by atoms with van der Waals surface area (Å²) in [7, 11) is 0. The fourth-order valence-electron chi connectivity index (χ4n) is 2.31. The van der Waals surface area contributed by atoms with Gasteiger partial charge in [0, 0.05) is 5.92 Å². The van der Waals surface area contributed by atoms with Crippen LogP contribution in [0.25, 0.3) is 0 Å². The van der Waals surface area contributed by atoms with Crippen molar-refractivity contribution in [2.75, 3.05) is 6.61 Å². The molecule has 0 fully saturated rings. The standard InChI is InChI=1S/C20H30O5/c1-7-23-20(22)25-19(14(4)5)24-18(21)15(6)17-10-8-16(9-11-17)12-13(2)3/h8-11,13-15,19H,7,12H2,1-6H3. The predicted molar refractivity (Wildman–Crippen MR) is 96.2 cm³/mol. The van der Waals surface area contributed by atoms with Gasteiger partial charge in [-0.15, -0.1) is 0 Å². The molecule has 5 nitrogen and oxygen atoms in total. The van der Waals surface area contributed by atoms with E-state index >= 15 is 0 Å². The molecule has 0 amide bonds. The van der Waals surface area contributed by atoms with Gasteiger partial charge in [0.1, 0.15) is 0 Å². The molecule has 1 aromatic carbocycles. The molecule has 0 saturated heterocycles. The summed E-state index contributed by atoms with van der Waals surface area (Å²) in [4.78, 5) is 23.9. The van der Waals surface area contributed by atoms with Gasteiger partial charge >= 0.3 is 12.1 Å². The van der Waals surface area contributed by atoms with E-state index in [4.69, 9.17) is 14.2 Å². The zero-order valence-electron chi connectivity index (χ0n) is 16.1. The van der Waals surface area contributed by atoms with Gasteiger partial charge in [-0.1, -0.05) is 52.0 Å². The van der Waals surface area contributed by atoms with Crippen LogP contribution in [-0.2, 0) is 25.4 Å². The van der Waals surface area contributed by atoms with Crippen LogP contribution in [0, 0.1) is 11.8 Å². The first-order valence-corrected chi connectivity index (χ1v) is 8.87. The Hall–Kier alpha value is -2.04. The van der Waals surface area contributed by atoms with Crippen molar-refractivity contribution < 1.29 is 23.8 Å². The molecule has 0 aliphatic carbocycles. The summed E-state index contributed by atoms with van der Waals surface area (Å²) >= 11 is 0. The molecular formula is C20H30O5. The average molecular weight is 350 g/mol. The van der Waals surface area contributed by atoms with Crippen LogP contribution in [0.5, 0.6) is 0 Å². The average Bonchev–Trinajstić information content (AvgIpc) is 2.53. The number of rotatable bonds is 8. The minimum Gasteiger partial charge on any atom is -0.435 e. The molecule has 2 unspecified atom stereocenters. The largest absolute Gasteiger partial charge is 0.511 e. The summed E-state index contributed by atoms with van der Waals surface area (Å²) in [6.07, 6.45) is -0.795. The molecule has 0 aromatic heterocycles. The Bertz CT molecular complexity index is 548. The zero-order valence-corrected chi connectivity index (χ0v) is 16.1. The molecule has 25 heavy (non-hydrogen) atoms. The molecule has 2 atom stereocenters. The highest BCUT2D eigenvalue weighted by molar-refractivity contribution is 5.78.